The summed E-state index contributed by atoms with van der Waals surface area (Å²) in [4.78, 5) is 0. The first kappa shape index (κ1) is 14.9. The Labute approximate surface area is 113 Å². The minimum atomic E-state index is 0.0334. The first-order valence-electron chi connectivity index (χ1n) is 6.02. The largest absolute Gasteiger partial charge is 0.496 e. The van der Waals surface area contributed by atoms with Crippen molar-refractivity contribution in [2.45, 2.75) is 19.4 Å². The number of ether oxygens (including phenoxy) is 1. The highest BCUT2D eigenvalue weighted by molar-refractivity contribution is 5.99. The Hall–Kier alpha value is -2.19. The van der Waals surface area contributed by atoms with Crippen LogP contribution in [0.4, 0.5) is 0 Å². The van der Waals surface area contributed by atoms with Gasteiger partial charge < -0.3 is 21.0 Å². The van der Waals surface area contributed by atoms with Gasteiger partial charge in [0.15, 0.2) is 5.84 Å². The molecule has 0 aliphatic rings. The van der Waals surface area contributed by atoms with E-state index in [-0.39, 0.29) is 5.84 Å². The van der Waals surface area contributed by atoms with Crippen molar-refractivity contribution in [2.75, 3.05) is 13.7 Å². The topological polar surface area (TPSA) is 79.9 Å². The Morgan fingerprint density at radius 3 is 3.00 bits per heavy atom. The molecule has 0 fully saturated rings. The van der Waals surface area contributed by atoms with Crippen LogP contribution >= 0.6 is 0 Å². The minimum absolute atomic E-state index is 0.0334. The maximum Gasteiger partial charge on any atom is 0.173 e. The molecule has 5 heteroatoms. The van der Waals surface area contributed by atoms with Crippen LogP contribution < -0.4 is 15.8 Å². The highest BCUT2D eigenvalue weighted by atomic mass is 16.5. The summed E-state index contributed by atoms with van der Waals surface area (Å²) in [5.74, 6) is 3.21. The number of unbranched alkanes of at least 4 members (excludes halogenated alkanes) is 1. The summed E-state index contributed by atoms with van der Waals surface area (Å²) in [7, 11) is 1.54. The average molecular weight is 261 g/mol. The van der Waals surface area contributed by atoms with Gasteiger partial charge in [0.1, 0.15) is 5.75 Å². The van der Waals surface area contributed by atoms with Gasteiger partial charge in [-0.1, -0.05) is 11.2 Å². The SMILES string of the molecule is C#CCCCNCc1ccc(OC)c(/C(N)=N/O)c1. The molecule has 0 radical (unpaired) electrons. The Morgan fingerprint density at radius 1 is 1.58 bits per heavy atom. The second kappa shape index (κ2) is 8.01. The molecular formula is C14H19N3O2. The zero-order chi connectivity index (χ0) is 14.1. The van der Waals surface area contributed by atoms with E-state index in [1.807, 2.05) is 12.1 Å². The summed E-state index contributed by atoms with van der Waals surface area (Å²) < 4.78 is 5.17. The summed E-state index contributed by atoms with van der Waals surface area (Å²) in [5.41, 5.74) is 7.22. The maximum absolute atomic E-state index is 8.75. The monoisotopic (exact) mass is 261 g/mol. The number of nitrogens with zero attached hydrogens (tertiary/aromatic N) is 1. The zero-order valence-corrected chi connectivity index (χ0v) is 11.0. The van der Waals surface area contributed by atoms with E-state index in [2.05, 4.69) is 16.4 Å². The van der Waals surface area contributed by atoms with Crippen molar-refractivity contribution in [3.05, 3.63) is 29.3 Å². The first-order valence-corrected chi connectivity index (χ1v) is 6.02. The molecule has 1 rings (SSSR count). The van der Waals surface area contributed by atoms with Gasteiger partial charge in [-0.2, -0.15) is 0 Å². The molecule has 0 heterocycles. The van der Waals surface area contributed by atoms with E-state index in [4.69, 9.17) is 22.1 Å². The zero-order valence-electron chi connectivity index (χ0n) is 11.0. The van der Waals surface area contributed by atoms with Crippen LogP contribution in [0.3, 0.4) is 0 Å². The van der Waals surface area contributed by atoms with Gasteiger partial charge in [0.05, 0.1) is 12.7 Å². The lowest BCUT2D eigenvalue weighted by molar-refractivity contribution is 0.318. The van der Waals surface area contributed by atoms with Gasteiger partial charge in [-0.15, -0.1) is 12.3 Å². The molecule has 19 heavy (non-hydrogen) atoms. The van der Waals surface area contributed by atoms with Gasteiger partial charge in [0.2, 0.25) is 0 Å². The summed E-state index contributed by atoms with van der Waals surface area (Å²) in [6.07, 6.45) is 6.89. The van der Waals surface area contributed by atoms with Crippen molar-refractivity contribution in [1.82, 2.24) is 5.32 Å². The van der Waals surface area contributed by atoms with E-state index in [0.717, 1.165) is 24.9 Å². The van der Waals surface area contributed by atoms with Crippen LogP contribution in [0.25, 0.3) is 0 Å². The quantitative estimate of drug-likeness (QED) is 0.172. The van der Waals surface area contributed by atoms with E-state index in [0.29, 0.717) is 17.9 Å². The Balaban J connectivity index is 2.68. The van der Waals surface area contributed by atoms with Crippen LogP contribution in [0.1, 0.15) is 24.0 Å². The second-order valence-corrected chi connectivity index (χ2v) is 4.00. The van der Waals surface area contributed by atoms with Gasteiger partial charge in [-0.25, -0.2) is 0 Å². The van der Waals surface area contributed by atoms with Gasteiger partial charge >= 0.3 is 0 Å². The third-order valence-corrected chi connectivity index (χ3v) is 2.65. The third-order valence-electron chi connectivity index (χ3n) is 2.65. The van der Waals surface area contributed by atoms with Crippen molar-refractivity contribution < 1.29 is 9.94 Å². The van der Waals surface area contributed by atoms with E-state index >= 15 is 0 Å². The molecule has 0 bridgehead atoms. The predicted molar refractivity (Wildman–Crippen MR) is 75.3 cm³/mol. The number of terminal acetylenes is 1. The maximum atomic E-state index is 8.75. The molecule has 0 saturated carbocycles. The summed E-state index contributed by atoms with van der Waals surface area (Å²) in [6.45, 7) is 1.55. The molecule has 0 aromatic heterocycles. The van der Waals surface area contributed by atoms with E-state index in [1.165, 1.54) is 0 Å². The molecule has 0 amide bonds. The van der Waals surface area contributed by atoms with Crippen LogP contribution in [-0.4, -0.2) is 24.7 Å². The number of methoxy groups -OCH3 is 1. The first-order chi connectivity index (χ1) is 9.22. The molecule has 0 spiro atoms. The molecule has 102 valence electrons. The lowest BCUT2D eigenvalue weighted by Gasteiger charge is -2.10. The molecule has 0 aliphatic carbocycles. The summed E-state index contributed by atoms with van der Waals surface area (Å²) >= 11 is 0. The number of benzene rings is 1. The van der Waals surface area contributed by atoms with E-state index in [1.54, 1.807) is 13.2 Å². The Morgan fingerprint density at radius 2 is 2.37 bits per heavy atom. The van der Waals surface area contributed by atoms with Gasteiger partial charge in [-0.3, -0.25) is 0 Å². The number of rotatable bonds is 7. The summed E-state index contributed by atoms with van der Waals surface area (Å²) in [5, 5.41) is 15.0. The van der Waals surface area contributed by atoms with E-state index in [9.17, 15) is 0 Å². The number of hydrogen-bond acceptors (Lipinski definition) is 4. The van der Waals surface area contributed by atoms with Crippen molar-refractivity contribution in [2.24, 2.45) is 10.9 Å². The number of nitrogens with one attached hydrogen (secondary N) is 1. The number of nitrogens with two attached hydrogens (primary N) is 1. The van der Waals surface area contributed by atoms with Crippen LogP contribution in [0, 0.1) is 12.3 Å². The molecule has 0 saturated heterocycles. The molecule has 0 aliphatic heterocycles. The number of hydrogen-bond donors (Lipinski definition) is 3. The average Bonchev–Trinajstić information content (AvgIpc) is 2.46. The normalized spacial score (nSPS) is 11.1. The standard InChI is InChI=1S/C14H19N3O2/c1-3-4-5-8-16-10-11-6-7-13(19-2)12(9-11)14(15)17-18/h1,6-7,9,16,18H,4-5,8,10H2,2H3,(H2,15,17). The van der Waals surface area contributed by atoms with Crippen LogP contribution in [0.5, 0.6) is 5.75 Å². The number of oxime groups is 1. The number of amidine groups is 1. The van der Waals surface area contributed by atoms with Gasteiger partial charge in [0, 0.05) is 13.0 Å². The van der Waals surface area contributed by atoms with Gasteiger partial charge in [0.25, 0.3) is 0 Å². The fourth-order valence-electron chi connectivity index (χ4n) is 1.67. The molecule has 5 nitrogen and oxygen atoms in total. The highest BCUT2D eigenvalue weighted by Gasteiger charge is 2.08. The highest BCUT2D eigenvalue weighted by Crippen LogP contribution is 2.19. The summed E-state index contributed by atoms with van der Waals surface area (Å²) in [6, 6.07) is 5.56. The van der Waals surface area contributed by atoms with Crippen LogP contribution in [-0.2, 0) is 6.54 Å². The molecule has 0 unspecified atom stereocenters. The van der Waals surface area contributed by atoms with E-state index < -0.39 is 0 Å². The van der Waals surface area contributed by atoms with Crippen LogP contribution in [0.2, 0.25) is 0 Å². The molecule has 4 N–H and O–H groups in total. The molecule has 0 atom stereocenters. The Kier molecular flexibility index (Phi) is 6.27. The fraction of sp³-hybridized carbons (Fsp3) is 0.357. The van der Waals surface area contributed by atoms with Crippen molar-refractivity contribution in [3.63, 3.8) is 0 Å². The molecule has 1 aromatic carbocycles. The minimum Gasteiger partial charge on any atom is -0.496 e. The van der Waals surface area contributed by atoms with Crippen LogP contribution in [0.15, 0.2) is 23.4 Å². The lowest BCUT2D eigenvalue weighted by atomic mass is 10.1. The fourth-order valence-corrected chi connectivity index (χ4v) is 1.67. The lowest BCUT2D eigenvalue weighted by Crippen LogP contribution is -2.17. The Bertz CT molecular complexity index is 478. The molecular weight excluding hydrogens is 242 g/mol. The predicted octanol–water partition coefficient (Wildman–Crippen LogP) is 1.29. The van der Waals surface area contributed by atoms with Crippen molar-refractivity contribution in [3.8, 4) is 18.1 Å². The molecule has 1 aromatic rings. The van der Waals surface area contributed by atoms with Gasteiger partial charge in [-0.05, 0) is 30.7 Å². The van der Waals surface area contributed by atoms with Crippen molar-refractivity contribution in [1.29, 1.82) is 0 Å². The third kappa shape index (κ3) is 4.53. The smallest absolute Gasteiger partial charge is 0.173 e. The second-order valence-electron chi connectivity index (χ2n) is 4.00. The van der Waals surface area contributed by atoms with Crippen molar-refractivity contribution >= 4 is 5.84 Å².